The summed E-state index contributed by atoms with van der Waals surface area (Å²) in [6.07, 6.45) is 0.811. The molecule has 2 aromatic rings. The lowest BCUT2D eigenvalue weighted by atomic mass is 10.1. The first kappa shape index (κ1) is 18.9. The maximum Gasteiger partial charge on any atom is 0.328 e. The number of para-hydroxylation sites is 1. The molecule has 1 unspecified atom stereocenters. The minimum absolute atomic E-state index is 0.0873. The van der Waals surface area contributed by atoms with Gasteiger partial charge in [0.25, 0.3) is 0 Å². The molecule has 1 N–H and O–H groups in total. The zero-order chi connectivity index (χ0) is 17.7. The van der Waals surface area contributed by atoms with Crippen molar-refractivity contribution in [3.8, 4) is 0 Å². The van der Waals surface area contributed by atoms with Crippen molar-refractivity contribution in [2.24, 2.45) is 0 Å². The van der Waals surface area contributed by atoms with Gasteiger partial charge in [0.1, 0.15) is 12.6 Å². The van der Waals surface area contributed by atoms with Crippen LogP contribution in [0.3, 0.4) is 0 Å². The Morgan fingerprint density at radius 1 is 1.12 bits per heavy atom. The normalized spacial score (nSPS) is 11.9. The zero-order valence-electron chi connectivity index (χ0n) is 13.4. The van der Waals surface area contributed by atoms with Gasteiger partial charge in [0, 0.05) is 15.6 Å². The number of anilines is 1. The van der Waals surface area contributed by atoms with E-state index in [0.717, 1.165) is 17.7 Å². The van der Waals surface area contributed by atoms with E-state index in [0.29, 0.717) is 20.6 Å². The molecule has 0 saturated heterocycles. The van der Waals surface area contributed by atoms with Gasteiger partial charge in [-0.15, -0.1) is 0 Å². The monoisotopic (exact) mass is 385 g/mol. The van der Waals surface area contributed by atoms with Gasteiger partial charge in [-0.1, -0.05) is 59.9 Å². The van der Waals surface area contributed by atoms with Crippen LogP contribution in [0.4, 0.5) is 5.69 Å². The van der Waals surface area contributed by atoms with Crippen molar-refractivity contribution >= 4 is 46.5 Å². The Bertz CT molecular complexity index is 734. The first-order chi connectivity index (χ1) is 11.4. The van der Waals surface area contributed by atoms with E-state index >= 15 is 0 Å². The number of hydrogen-bond donors (Lipinski definition) is 1. The number of ether oxygens (including phenoxy) is 1. The van der Waals surface area contributed by atoms with Crippen LogP contribution in [-0.2, 0) is 22.6 Å². The number of benzene rings is 2. The molecule has 0 heterocycles. The molecule has 3 nitrogen and oxygen atoms in total. The summed E-state index contributed by atoms with van der Waals surface area (Å²) in [5, 5.41) is 4.71. The second-order valence-corrected chi connectivity index (χ2v) is 6.59. The highest BCUT2D eigenvalue weighted by atomic mass is 35.5. The van der Waals surface area contributed by atoms with Crippen molar-refractivity contribution in [2.45, 2.75) is 32.9 Å². The number of nitrogens with one attached hydrogen (secondary N) is 1. The summed E-state index contributed by atoms with van der Waals surface area (Å²) in [7, 11) is 0. The topological polar surface area (TPSA) is 38.3 Å². The van der Waals surface area contributed by atoms with Gasteiger partial charge in [-0.3, -0.25) is 0 Å². The highest BCUT2D eigenvalue weighted by Crippen LogP contribution is 2.27. The van der Waals surface area contributed by atoms with Gasteiger partial charge in [-0.2, -0.15) is 0 Å². The van der Waals surface area contributed by atoms with Crippen molar-refractivity contribution in [1.29, 1.82) is 0 Å². The molecule has 24 heavy (non-hydrogen) atoms. The fourth-order valence-electron chi connectivity index (χ4n) is 2.21. The number of carbonyl (C=O) groups excluding carboxylic acids is 1. The quantitative estimate of drug-likeness (QED) is 0.642. The molecule has 6 heteroatoms. The highest BCUT2D eigenvalue weighted by molar-refractivity contribution is 6.35. The predicted molar refractivity (Wildman–Crippen MR) is 100 cm³/mol. The molecule has 0 fully saturated rings. The summed E-state index contributed by atoms with van der Waals surface area (Å²) in [5.41, 5.74) is 2.51. The van der Waals surface area contributed by atoms with Crippen LogP contribution in [0.1, 0.15) is 25.0 Å². The van der Waals surface area contributed by atoms with Crippen LogP contribution < -0.4 is 5.32 Å². The van der Waals surface area contributed by atoms with Crippen molar-refractivity contribution in [3.63, 3.8) is 0 Å². The third-order valence-electron chi connectivity index (χ3n) is 3.58. The first-order valence-electron chi connectivity index (χ1n) is 7.56. The summed E-state index contributed by atoms with van der Waals surface area (Å²) in [6, 6.07) is 10.2. The molecule has 0 aromatic heterocycles. The molecule has 2 rings (SSSR count). The van der Waals surface area contributed by atoms with Gasteiger partial charge in [0.2, 0.25) is 0 Å². The van der Waals surface area contributed by atoms with Gasteiger partial charge in [-0.25, -0.2) is 4.79 Å². The molecule has 0 aliphatic rings. The Hall–Kier alpha value is -1.42. The summed E-state index contributed by atoms with van der Waals surface area (Å²) < 4.78 is 5.32. The molecule has 0 radical (unpaired) electrons. The van der Waals surface area contributed by atoms with E-state index in [1.165, 1.54) is 0 Å². The Labute approximate surface area is 156 Å². The van der Waals surface area contributed by atoms with Crippen LogP contribution in [0.5, 0.6) is 0 Å². The van der Waals surface area contributed by atoms with Crippen molar-refractivity contribution in [1.82, 2.24) is 0 Å². The van der Waals surface area contributed by atoms with Crippen LogP contribution in [0.2, 0.25) is 15.1 Å². The molecule has 1 atom stereocenters. The molecule has 0 aliphatic heterocycles. The lowest BCUT2D eigenvalue weighted by molar-refractivity contribution is -0.145. The van der Waals surface area contributed by atoms with E-state index in [1.54, 1.807) is 31.2 Å². The second-order valence-electron chi connectivity index (χ2n) is 5.34. The van der Waals surface area contributed by atoms with Gasteiger partial charge < -0.3 is 10.1 Å². The Balaban J connectivity index is 2.00. The first-order valence-corrected chi connectivity index (χ1v) is 8.70. The fraction of sp³-hybridized carbons (Fsp3) is 0.278. The van der Waals surface area contributed by atoms with E-state index in [9.17, 15) is 4.79 Å². The summed E-state index contributed by atoms with van der Waals surface area (Å²) in [4.78, 5) is 12.2. The van der Waals surface area contributed by atoms with E-state index in [4.69, 9.17) is 39.5 Å². The smallest absolute Gasteiger partial charge is 0.328 e. The molecule has 0 spiro atoms. The number of hydrogen-bond acceptors (Lipinski definition) is 3. The van der Waals surface area contributed by atoms with Crippen LogP contribution in [0, 0.1) is 0 Å². The van der Waals surface area contributed by atoms with E-state index in [-0.39, 0.29) is 12.6 Å². The van der Waals surface area contributed by atoms with Gasteiger partial charge in [0.15, 0.2) is 0 Å². The second kappa shape index (κ2) is 8.61. The molecule has 0 saturated carbocycles. The molecular weight excluding hydrogens is 369 g/mol. The number of rotatable bonds is 6. The Kier molecular flexibility index (Phi) is 6.79. The number of aryl methyl sites for hydroxylation is 1. The van der Waals surface area contributed by atoms with Crippen LogP contribution in [0.15, 0.2) is 36.4 Å². The summed E-state index contributed by atoms with van der Waals surface area (Å²) in [6.45, 7) is 3.85. The SMILES string of the molecule is CCc1cccc(Cl)c1NC(C)C(=O)OCc1ccc(Cl)cc1Cl. The summed E-state index contributed by atoms with van der Waals surface area (Å²) in [5.74, 6) is -0.386. The van der Waals surface area contributed by atoms with E-state index in [2.05, 4.69) is 5.32 Å². The van der Waals surface area contributed by atoms with Gasteiger partial charge >= 0.3 is 5.97 Å². The fourth-order valence-corrected chi connectivity index (χ4v) is 2.92. The summed E-state index contributed by atoms with van der Waals surface area (Å²) >= 11 is 18.1. The van der Waals surface area contributed by atoms with Crippen LogP contribution in [-0.4, -0.2) is 12.0 Å². The molecule has 0 bridgehead atoms. The minimum atomic E-state index is -0.540. The number of carbonyl (C=O) groups is 1. The average molecular weight is 387 g/mol. The predicted octanol–water partition coefficient (Wildman–Crippen LogP) is 5.75. The lowest BCUT2D eigenvalue weighted by Gasteiger charge is -2.18. The van der Waals surface area contributed by atoms with Crippen molar-refractivity contribution in [2.75, 3.05) is 5.32 Å². The third kappa shape index (κ3) is 4.79. The van der Waals surface area contributed by atoms with E-state index < -0.39 is 6.04 Å². The number of halogens is 3. The van der Waals surface area contributed by atoms with Crippen LogP contribution >= 0.6 is 34.8 Å². The molecule has 0 amide bonds. The highest BCUT2D eigenvalue weighted by Gasteiger charge is 2.17. The zero-order valence-corrected chi connectivity index (χ0v) is 15.7. The Morgan fingerprint density at radius 3 is 2.54 bits per heavy atom. The van der Waals surface area contributed by atoms with E-state index in [1.807, 2.05) is 19.1 Å². The number of esters is 1. The maximum absolute atomic E-state index is 12.2. The third-order valence-corrected chi connectivity index (χ3v) is 4.48. The van der Waals surface area contributed by atoms with Gasteiger partial charge in [0.05, 0.1) is 10.7 Å². The standard InChI is InChI=1S/C18H18Cl3NO2/c1-3-12-5-4-6-15(20)17(12)22-11(2)18(23)24-10-13-7-8-14(19)9-16(13)21/h4-9,11,22H,3,10H2,1-2H3. The minimum Gasteiger partial charge on any atom is -0.459 e. The molecule has 0 aliphatic carbocycles. The lowest BCUT2D eigenvalue weighted by Crippen LogP contribution is -2.28. The average Bonchev–Trinajstić information content (AvgIpc) is 2.55. The van der Waals surface area contributed by atoms with Crippen molar-refractivity contribution < 1.29 is 9.53 Å². The van der Waals surface area contributed by atoms with Gasteiger partial charge in [-0.05, 0) is 37.1 Å². The van der Waals surface area contributed by atoms with Crippen molar-refractivity contribution in [3.05, 3.63) is 62.6 Å². The molecular formula is C18H18Cl3NO2. The molecule has 128 valence electrons. The largest absolute Gasteiger partial charge is 0.459 e. The molecule has 2 aromatic carbocycles. The van der Waals surface area contributed by atoms with Crippen LogP contribution in [0.25, 0.3) is 0 Å². The maximum atomic E-state index is 12.2. The Morgan fingerprint density at radius 2 is 1.88 bits per heavy atom.